The first-order chi connectivity index (χ1) is 6.91. The van der Waals surface area contributed by atoms with Crippen molar-refractivity contribution in [3.05, 3.63) is 34.3 Å². The van der Waals surface area contributed by atoms with Crippen molar-refractivity contribution in [1.82, 2.24) is 0 Å². The van der Waals surface area contributed by atoms with Crippen LogP contribution in [0.25, 0.3) is 0 Å². The Balaban J connectivity index is 2.55. The van der Waals surface area contributed by atoms with Gasteiger partial charge in [-0.05, 0) is 29.9 Å². The molecule has 1 aromatic carbocycles. The molecular formula is C13H20BrN. The van der Waals surface area contributed by atoms with Crippen molar-refractivity contribution < 1.29 is 0 Å². The summed E-state index contributed by atoms with van der Waals surface area (Å²) in [5.74, 6) is 0. The molecular weight excluding hydrogens is 250 g/mol. The van der Waals surface area contributed by atoms with Gasteiger partial charge in [0.15, 0.2) is 0 Å². The molecule has 0 fully saturated rings. The zero-order chi connectivity index (χ0) is 11.5. The molecule has 0 aliphatic carbocycles. The number of aryl methyl sites for hydroxylation is 1. The van der Waals surface area contributed by atoms with Gasteiger partial charge in [0.05, 0.1) is 0 Å². The third-order valence-electron chi connectivity index (χ3n) is 2.79. The van der Waals surface area contributed by atoms with E-state index in [4.69, 9.17) is 5.73 Å². The van der Waals surface area contributed by atoms with Crippen LogP contribution in [-0.2, 0) is 6.42 Å². The van der Waals surface area contributed by atoms with E-state index < -0.39 is 0 Å². The summed E-state index contributed by atoms with van der Waals surface area (Å²) in [6.45, 7) is 6.58. The van der Waals surface area contributed by atoms with Crippen molar-refractivity contribution in [3.63, 3.8) is 0 Å². The fraction of sp³-hybridized carbons (Fsp3) is 0.538. The first-order valence-corrected chi connectivity index (χ1v) is 6.19. The number of rotatable bonds is 3. The van der Waals surface area contributed by atoms with Crippen LogP contribution in [0.1, 0.15) is 32.8 Å². The topological polar surface area (TPSA) is 26.0 Å². The van der Waals surface area contributed by atoms with Crippen LogP contribution in [0, 0.1) is 5.41 Å². The fourth-order valence-corrected chi connectivity index (χ4v) is 1.93. The van der Waals surface area contributed by atoms with Gasteiger partial charge in [0.1, 0.15) is 0 Å². The average Bonchev–Trinajstić information content (AvgIpc) is 2.14. The Morgan fingerprint density at radius 2 is 1.87 bits per heavy atom. The molecule has 1 unspecified atom stereocenters. The molecule has 0 saturated carbocycles. The van der Waals surface area contributed by atoms with E-state index in [1.54, 1.807) is 0 Å². The molecule has 0 radical (unpaired) electrons. The van der Waals surface area contributed by atoms with E-state index in [0.717, 1.165) is 12.8 Å². The third kappa shape index (κ3) is 3.96. The predicted molar refractivity (Wildman–Crippen MR) is 69.9 cm³/mol. The second-order valence-electron chi connectivity index (χ2n) is 5.10. The zero-order valence-corrected chi connectivity index (χ0v) is 11.3. The molecule has 1 aromatic rings. The van der Waals surface area contributed by atoms with Crippen molar-refractivity contribution in [2.24, 2.45) is 11.1 Å². The first kappa shape index (κ1) is 12.7. The highest BCUT2D eigenvalue weighted by Gasteiger charge is 2.20. The van der Waals surface area contributed by atoms with Crippen molar-refractivity contribution in [3.8, 4) is 0 Å². The van der Waals surface area contributed by atoms with E-state index in [0.29, 0.717) is 0 Å². The molecule has 2 heteroatoms. The van der Waals surface area contributed by atoms with E-state index in [1.807, 2.05) is 6.07 Å². The van der Waals surface area contributed by atoms with E-state index in [1.165, 1.54) is 10.0 Å². The van der Waals surface area contributed by atoms with Crippen molar-refractivity contribution >= 4 is 15.9 Å². The van der Waals surface area contributed by atoms with Crippen LogP contribution in [0.5, 0.6) is 0 Å². The lowest BCUT2D eigenvalue weighted by molar-refractivity contribution is 0.306. The Labute approximate surface area is 101 Å². The van der Waals surface area contributed by atoms with Gasteiger partial charge in [0, 0.05) is 10.5 Å². The summed E-state index contributed by atoms with van der Waals surface area (Å²) in [5, 5.41) is 0. The zero-order valence-electron chi connectivity index (χ0n) is 9.76. The van der Waals surface area contributed by atoms with Crippen LogP contribution < -0.4 is 5.73 Å². The summed E-state index contributed by atoms with van der Waals surface area (Å²) in [6, 6.07) is 8.60. The summed E-state index contributed by atoms with van der Waals surface area (Å²) < 4.78 is 1.19. The van der Waals surface area contributed by atoms with Gasteiger partial charge >= 0.3 is 0 Å². The summed E-state index contributed by atoms with van der Waals surface area (Å²) in [5.41, 5.74) is 7.67. The molecule has 1 atom stereocenters. The van der Waals surface area contributed by atoms with Crippen LogP contribution in [0.15, 0.2) is 28.7 Å². The molecule has 15 heavy (non-hydrogen) atoms. The van der Waals surface area contributed by atoms with Crippen LogP contribution >= 0.6 is 15.9 Å². The lowest BCUT2D eigenvalue weighted by atomic mass is 9.84. The molecule has 0 bridgehead atoms. The van der Waals surface area contributed by atoms with E-state index in [-0.39, 0.29) is 11.5 Å². The Morgan fingerprint density at radius 1 is 1.27 bits per heavy atom. The molecule has 0 amide bonds. The molecule has 2 N–H and O–H groups in total. The Hall–Kier alpha value is -0.340. The minimum Gasteiger partial charge on any atom is -0.327 e. The number of nitrogens with two attached hydrogens (primary N) is 1. The van der Waals surface area contributed by atoms with Gasteiger partial charge in [0.2, 0.25) is 0 Å². The van der Waals surface area contributed by atoms with Gasteiger partial charge in [-0.2, -0.15) is 0 Å². The number of hydrogen-bond acceptors (Lipinski definition) is 1. The van der Waals surface area contributed by atoms with Gasteiger partial charge in [-0.15, -0.1) is 0 Å². The molecule has 1 rings (SSSR count). The second kappa shape index (κ2) is 5.13. The molecule has 1 nitrogen and oxygen atoms in total. The van der Waals surface area contributed by atoms with Gasteiger partial charge in [-0.25, -0.2) is 0 Å². The van der Waals surface area contributed by atoms with Gasteiger partial charge in [-0.1, -0.05) is 54.9 Å². The van der Waals surface area contributed by atoms with Crippen LogP contribution in [0.2, 0.25) is 0 Å². The summed E-state index contributed by atoms with van der Waals surface area (Å²) in [7, 11) is 0. The molecule has 0 spiro atoms. The monoisotopic (exact) mass is 269 g/mol. The summed E-state index contributed by atoms with van der Waals surface area (Å²) in [4.78, 5) is 0. The molecule has 0 aromatic heterocycles. The smallest absolute Gasteiger partial charge is 0.0207 e. The number of hydrogen-bond donors (Lipinski definition) is 1. The van der Waals surface area contributed by atoms with Gasteiger partial charge in [0.25, 0.3) is 0 Å². The second-order valence-corrected chi connectivity index (χ2v) is 5.96. The standard InChI is InChI=1S/C13H20BrN/c1-13(2,3)12(15)9-8-10-6-4-5-7-11(10)14/h4-7,12H,8-9,15H2,1-3H3. The van der Waals surface area contributed by atoms with Crippen LogP contribution in [0.3, 0.4) is 0 Å². The minimum absolute atomic E-state index is 0.196. The normalized spacial score (nSPS) is 13.9. The summed E-state index contributed by atoms with van der Waals surface area (Å²) in [6.07, 6.45) is 2.08. The van der Waals surface area contributed by atoms with Crippen LogP contribution in [-0.4, -0.2) is 6.04 Å². The lowest BCUT2D eigenvalue weighted by Crippen LogP contribution is -2.35. The highest BCUT2D eigenvalue weighted by molar-refractivity contribution is 9.10. The Kier molecular flexibility index (Phi) is 4.35. The maximum absolute atomic E-state index is 6.13. The number of halogens is 1. The Morgan fingerprint density at radius 3 is 2.40 bits per heavy atom. The first-order valence-electron chi connectivity index (χ1n) is 5.40. The number of benzene rings is 1. The highest BCUT2D eigenvalue weighted by atomic mass is 79.9. The highest BCUT2D eigenvalue weighted by Crippen LogP contribution is 2.23. The lowest BCUT2D eigenvalue weighted by Gasteiger charge is -2.27. The van der Waals surface area contributed by atoms with Crippen molar-refractivity contribution in [2.45, 2.75) is 39.7 Å². The van der Waals surface area contributed by atoms with Gasteiger partial charge in [-0.3, -0.25) is 0 Å². The fourth-order valence-electron chi connectivity index (χ4n) is 1.45. The van der Waals surface area contributed by atoms with Crippen molar-refractivity contribution in [1.29, 1.82) is 0 Å². The van der Waals surface area contributed by atoms with Crippen LogP contribution in [0.4, 0.5) is 0 Å². The molecule has 84 valence electrons. The van der Waals surface area contributed by atoms with E-state index in [9.17, 15) is 0 Å². The van der Waals surface area contributed by atoms with E-state index in [2.05, 4.69) is 54.9 Å². The molecule has 0 saturated heterocycles. The quantitative estimate of drug-likeness (QED) is 0.889. The van der Waals surface area contributed by atoms with Crippen molar-refractivity contribution in [2.75, 3.05) is 0 Å². The third-order valence-corrected chi connectivity index (χ3v) is 3.57. The maximum atomic E-state index is 6.13. The average molecular weight is 270 g/mol. The molecule has 0 aliphatic heterocycles. The Bertz CT molecular complexity index is 315. The minimum atomic E-state index is 0.196. The maximum Gasteiger partial charge on any atom is 0.0207 e. The molecule has 0 aliphatic rings. The molecule has 0 heterocycles. The summed E-state index contributed by atoms with van der Waals surface area (Å²) >= 11 is 3.56. The largest absolute Gasteiger partial charge is 0.327 e. The SMILES string of the molecule is CC(C)(C)C(N)CCc1ccccc1Br. The predicted octanol–water partition coefficient (Wildman–Crippen LogP) is 3.76. The van der Waals surface area contributed by atoms with E-state index >= 15 is 0 Å². The van der Waals surface area contributed by atoms with Gasteiger partial charge < -0.3 is 5.73 Å².